The maximum atomic E-state index is 13.2. The van der Waals surface area contributed by atoms with Crippen LogP contribution in [0, 0.1) is 0 Å². The van der Waals surface area contributed by atoms with Gasteiger partial charge in [-0.1, -0.05) is 18.2 Å². The molecule has 30 heavy (non-hydrogen) atoms. The van der Waals surface area contributed by atoms with E-state index >= 15 is 0 Å². The van der Waals surface area contributed by atoms with Gasteiger partial charge in [0, 0.05) is 29.2 Å². The summed E-state index contributed by atoms with van der Waals surface area (Å²) in [6.07, 6.45) is 3.32. The van der Waals surface area contributed by atoms with Crippen molar-refractivity contribution >= 4 is 29.5 Å². The molecule has 156 valence electrons. The van der Waals surface area contributed by atoms with Crippen molar-refractivity contribution in [2.75, 3.05) is 0 Å². The topological polar surface area (TPSA) is 91.4 Å². The number of benzene rings is 1. The number of nitrogens with zero attached hydrogens (tertiary/aromatic N) is 2. The largest absolute Gasteiger partial charge is 0.350 e. The van der Waals surface area contributed by atoms with Gasteiger partial charge in [-0.25, -0.2) is 0 Å². The van der Waals surface area contributed by atoms with Gasteiger partial charge < -0.3 is 15.5 Å². The van der Waals surface area contributed by atoms with E-state index in [4.69, 9.17) is 0 Å². The predicted octanol–water partition coefficient (Wildman–Crippen LogP) is 2.25. The Kier molecular flexibility index (Phi) is 5.27. The lowest BCUT2D eigenvalue weighted by Gasteiger charge is -2.30. The van der Waals surface area contributed by atoms with E-state index in [9.17, 15) is 14.4 Å². The molecule has 2 aromatic rings. The lowest BCUT2D eigenvalue weighted by atomic mass is 10.0. The molecule has 7 nitrogen and oxygen atoms in total. The van der Waals surface area contributed by atoms with Crippen LogP contribution in [0.2, 0.25) is 0 Å². The summed E-state index contributed by atoms with van der Waals surface area (Å²) in [4.78, 5) is 44.3. The quantitative estimate of drug-likeness (QED) is 0.768. The highest BCUT2D eigenvalue weighted by Gasteiger charge is 2.57. The molecule has 1 aromatic carbocycles. The van der Waals surface area contributed by atoms with Crippen molar-refractivity contribution in [2.45, 2.75) is 49.5 Å². The monoisotopic (exact) mass is 424 g/mol. The Morgan fingerprint density at radius 2 is 1.90 bits per heavy atom. The highest BCUT2D eigenvalue weighted by molar-refractivity contribution is 8.01. The first kappa shape index (κ1) is 20.4. The summed E-state index contributed by atoms with van der Waals surface area (Å²) in [5, 5.41) is 5.44. The van der Waals surface area contributed by atoms with Crippen LogP contribution in [0.1, 0.15) is 47.6 Å². The average molecular weight is 425 g/mol. The summed E-state index contributed by atoms with van der Waals surface area (Å²) in [5.41, 5.74) is 2.51. The molecule has 3 heterocycles. The van der Waals surface area contributed by atoms with Gasteiger partial charge in [-0.2, -0.15) is 0 Å². The summed E-state index contributed by atoms with van der Waals surface area (Å²) < 4.78 is -0.481. The molecule has 2 aliphatic heterocycles. The molecular weight excluding hydrogens is 400 g/mol. The number of pyridine rings is 1. The van der Waals surface area contributed by atoms with Crippen molar-refractivity contribution < 1.29 is 14.4 Å². The second kappa shape index (κ2) is 7.75. The van der Waals surface area contributed by atoms with Gasteiger partial charge in [-0.15, -0.1) is 11.8 Å². The Morgan fingerprint density at radius 1 is 1.20 bits per heavy atom. The van der Waals surface area contributed by atoms with E-state index in [0.29, 0.717) is 12.1 Å². The number of nitrogens with one attached hydrogen (secondary N) is 2. The summed E-state index contributed by atoms with van der Waals surface area (Å²) in [5.74, 6) is -0.734. The Labute approximate surface area is 179 Å². The standard InChI is InChI=1S/C22H24N4O3S/c1-13(18(27)24-12-14-8-10-23-11-9-14)25-19(28)17-22(2,3)30-21-16-7-5-4-6-15(16)20(29)26(17)21/h4-11,13,17,21H,12H2,1-3H3,(H,24,27)(H,25,28)/t13-,17+,21-/m0/s1. The van der Waals surface area contributed by atoms with Gasteiger partial charge >= 0.3 is 0 Å². The van der Waals surface area contributed by atoms with E-state index in [1.807, 2.05) is 44.2 Å². The number of thioether (sulfide) groups is 1. The molecule has 8 heteroatoms. The van der Waals surface area contributed by atoms with Crippen molar-refractivity contribution in [2.24, 2.45) is 0 Å². The van der Waals surface area contributed by atoms with Gasteiger partial charge in [-0.05, 0) is 50.1 Å². The zero-order valence-electron chi connectivity index (χ0n) is 17.1. The molecular formula is C22H24N4O3S. The molecule has 2 aliphatic rings. The van der Waals surface area contributed by atoms with E-state index < -0.39 is 16.8 Å². The van der Waals surface area contributed by atoms with Gasteiger partial charge in [0.05, 0.1) is 0 Å². The number of aromatic nitrogens is 1. The number of carbonyl (C=O) groups is 3. The van der Waals surface area contributed by atoms with Crippen molar-refractivity contribution in [3.8, 4) is 0 Å². The molecule has 0 bridgehead atoms. The van der Waals surface area contributed by atoms with Gasteiger partial charge in [0.1, 0.15) is 17.5 Å². The molecule has 0 aliphatic carbocycles. The fourth-order valence-corrected chi connectivity index (χ4v) is 5.59. The molecule has 0 spiro atoms. The molecule has 3 amide bonds. The zero-order chi connectivity index (χ0) is 21.5. The van der Waals surface area contributed by atoms with E-state index in [0.717, 1.165) is 11.1 Å². The number of rotatable bonds is 5. The number of amides is 3. The molecule has 3 atom stereocenters. The summed E-state index contributed by atoms with van der Waals surface area (Å²) in [6.45, 7) is 5.93. The van der Waals surface area contributed by atoms with Crippen LogP contribution in [-0.4, -0.2) is 44.4 Å². The third-order valence-corrected chi connectivity index (χ3v) is 7.05. The Bertz CT molecular complexity index is 995. The third-order valence-electron chi connectivity index (χ3n) is 5.51. The van der Waals surface area contributed by atoms with Crippen LogP contribution in [0.5, 0.6) is 0 Å². The van der Waals surface area contributed by atoms with E-state index in [2.05, 4.69) is 15.6 Å². The van der Waals surface area contributed by atoms with Gasteiger partial charge in [0.15, 0.2) is 0 Å². The van der Waals surface area contributed by atoms with Gasteiger partial charge in [-0.3, -0.25) is 19.4 Å². The molecule has 1 saturated heterocycles. The predicted molar refractivity (Wildman–Crippen MR) is 114 cm³/mol. The molecule has 0 radical (unpaired) electrons. The number of fused-ring (bicyclic) bond motifs is 3. The zero-order valence-corrected chi connectivity index (χ0v) is 17.9. The number of hydrogen-bond acceptors (Lipinski definition) is 5. The first-order valence-corrected chi connectivity index (χ1v) is 10.7. The fraction of sp³-hybridized carbons (Fsp3) is 0.364. The minimum atomic E-state index is -0.723. The molecule has 1 fully saturated rings. The average Bonchev–Trinajstić information content (AvgIpc) is 3.16. The van der Waals surface area contributed by atoms with Gasteiger partial charge in [0.25, 0.3) is 5.91 Å². The summed E-state index contributed by atoms with van der Waals surface area (Å²) in [6, 6.07) is 9.73. The smallest absolute Gasteiger partial charge is 0.256 e. The van der Waals surface area contributed by atoms with Crippen LogP contribution in [0.4, 0.5) is 0 Å². The second-order valence-electron chi connectivity index (χ2n) is 8.08. The van der Waals surface area contributed by atoms with Crippen molar-refractivity contribution in [1.82, 2.24) is 20.5 Å². The van der Waals surface area contributed by atoms with Crippen LogP contribution < -0.4 is 10.6 Å². The minimum absolute atomic E-state index is 0.136. The Hall–Kier alpha value is -2.87. The van der Waals surface area contributed by atoms with Crippen LogP contribution >= 0.6 is 11.8 Å². The van der Waals surface area contributed by atoms with Crippen LogP contribution in [0.15, 0.2) is 48.8 Å². The fourth-order valence-electron chi connectivity index (χ4n) is 4.01. The highest BCUT2D eigenvalue weighted by atomic mass is 32.2. The number of carbonyl (C=O) groups excluding carboxylic acids is 3. The Balaban J connectivity index is 1.45. The molecule has 4 rings (SSSR count). The first-order valence-electron chi connectivity index (χ1n) is 9.86. The molecule has 1 aromatic heterocycles. The maximum Gasteiger partial charge on any atom is 0.256 e. The highest BCUT2D eigenvalue weighted by Crippen LogP contribution is 2.56. The minimum Gasteiger partial charge on any atom is -0.350 e. The molecule has 0 saturated carbocycles. The lowest BCUT2D eigenvalue weighted by molar-refractivity contribution is -0.131. The van der Waals surface area contributed by atoms with E-state index in [-0.39, 0.29) is 23.1 Å². The second-order valence-corrected chi connectivity index (χ2v) is 9.81. The molecule has 2 N–H and O–H groups in total. The van der Waals surface area contributed by atoms with Crippen LogP contribution in [-0.2, 0) is 16.1 Å². The van der Waals surface area contributed by atoms with Crippen molar-refractivity contribution in [1.29, 1.82) is 0 Å². The van der Waals surface area contributed by atoms with E-state index in [1.165, 1.54) is 0 Å². The van der Waals surface area contributed by atoms with Crippen LogP contribution in [0.25, 0.3) is 0 Å². The van der Waals surface area contributed by atoms with Crippen molar-refractivity contribution in [3.63, 3.8) is 0 Å². The van der Waals surface area contributed by atoms with Crippen molar-refractivity contribution in [3.05, 3.63) is 65.5 Å². The van der Waals surface area contributed by atoms with Gasteiger partial charge in [0.2, 0.25) is 11.8 Å². The first-order chi connectivity index (χ1) is 14.3. The normalized spacial score (nSPS) is 22.2. The van der Waals surface area contributed by atoms with Crippen LogP contribution in [0.3, 0.4) is 0 Å². The number of hydrogen-bond donors (Lipinski definition) is 2. The summed E-state index contributed by atoms with van der Waals surface area (Å²) in [7, 11) is 0. The summed E-state index contributed by atoms with van der Waals surface area (Å²) >= 11 is 1.60. The SMILES string of the molecule is C[C@H](NC(=O)[C@H]1N2C(=O)c3ccccc3[C@@H]2SC1(C)C)C(=O)NCc1ccncc1. The lowest BCUT2D eigenvalue weighted by Crippen LogP contribution is -2.56. The third kappa shape index (κ3) is 3.56. The van der Waals surface area contributed by atoms with E-state index in [1.54, 1.807) is 42.0 Å². The maximum absolute atomic E-state index is 13.2. The Morgan fingerprint density at radius 3 is 2.63 bits per heavy atom. The molecule has 0 unspecified atom stereocenters.